The summed E-state index contributed by atoms with van der Waals surface area (Å²) < 4.78 is 10.5. The van der Waals surface area contributed by atoms with Gasteiger partial charge in [-0.25, -0.2) is 0 Å². The first-order valence-electron chi connectivity index (χ1n) is 7.89. The Morgan fingerprint density at radius 2 is 1.96 bits per heavy atom. The third-order valence-corrected chi connectivity index (χ3v) is 3.62. The molecule has 0 unspecified atom stereocenters. The summed E-state index contributed by atoms with van der Waals surface area (Å²) in [5.74, 6) is -0.0929. The van der Waals surface area contributed by atoms with E-state index >= 15 is 0 Å². The molecule has 2 rings (SSSR count). The van der Waals surface area contributed by atoms with E-state index in [1.54, 1.807) is 13.0 Å². The number of nitro benzene ring substituents is 1. The fourth-order valence-electron chi connectivity index (χ4n) is 2.38. The van der Waals surface area contributed by atoms with Crippen molar-refractivity contribution in [1.29, 1.82) is 0 Å². The van der Waals surface area contributed by atoms with Crippen LogP contribution in [0.4, 0.5) is 11.4 Å². The number of methoxy groups -OCH3 is 1. The van der Waals surface area contributed by atoms with Crippen LogP contribution in [0.5, 0.6) is 11.5 Å². The molecule has 2 aromatic carbocycles. The first-order valence-corrected chi connectivity index (χ1v) is 7.89. The number of amides is 1. The highest BCUT2D eigenvalue weighted by Crippen LogP contribution is 2.35. The molecule has 0 heterocycles. The number of hydrogen-bond donors (Lipinski definition) is 1. The van der Waals surface area contributed by atoms with Crippen molar-refractivity contribution in [2.24, 2.45) is 0 Å². The molecule has 0 saturated carbocycles. The van der Waals surface area contributed by atoms with Crippen molar-refractivity contribution in [2.45, 2.75) is 20.3 Å². The molecule has 1 N–H and O–H groups in total. The predicted octanol–water partition coefficient (Wildman–Crippen LogP) is 3.82. The van der Waals surface area contributed by atoms with Crippen LogP contribution in [0.25, 0.3) is 0 Å². The van der Waals surface area contributed by atoms with E-state index < -0.39 is 10.8 Å². The second kappa shape index (κ2) is 8.14. The van der Waals surface area contributed by atoms with Gasteiger partial charge in [-0.2, -0.15) is 0 Å². The lowest BCUT2D eigenvalue weighted by molar-refractivity contribution is -0.385. The minimum atomic E-state index is -0.615. The third kappa shape index (κ3) is 4.26. The van der Waals surface area contributed by atoms with Crippen molar-refractivity contribution in [3.63, 3.8) is 0 Å². The summed E-state index contributed by atoms with van der Waals surface area (Å²) in [6, 6.07) is 9.86. The number of benzene rings is 2. The number of hydrogen-bond acceptors (Lipinski definition) is 5. The second-order valence-electron chi connectivity index (χ2n) is 5.22. The zero-order valence-electron chi connectivity index (χ0n) is 14.4. The van der Waals surface area contributed by atoms with E-state index in [2.05, 4.69) is 5.32 Å². The van der Waals surface area contributed by atoms with E-state index in [1.807, 2.05) is 25.1 Å². The lowest BCUT2D eigenvalue weighted by Gasteiger charge is -2.12. The molecule has 0 aliphatic carbocycles. The van der Waals surface area contributed by atoms with Crippen molar-refractivity contribution in [3.05, 3.63) is 57.6 Å². The number of aryl methyl sites for hydroxylation is 1. The normalized spacial score (nSPS) is 10.2. The molecule has 1 amide bonds. The van der Waals surface area contributed by atoms with E-state index in [1.165, 1.54) is 19.2 Å². The maximum atomic E-state index is 12.6. The number of ether oxygens (including phenoxy) is 2. The molecular weight excluding hydrogens is 324 g/mol. The molecule has 0 fully saturated rings. The van der Waals surface area contributed by atoms with Crippen LogP contribution in [0.2, 0.25) is 0 Å². The van der Waals surface area contributed by atoms with Crippen LogP contribution in [0, 0.1) is 10.1 Å². The Bertz CT molecular complexity index is 789. The summed E-state index contributed by atoms with van der Waals surface area (Å²) in [7, 11) is 1.39. The quantitative estimate of drug-likeness (QED) is 0.609. The lowest BCUT2D eigenvalue weighted by atomic mass is 10.1. The average Bonchev–Trinajstić information content (AvgIpc) is 2.61. The molecule has 7 nitrogen and oxygen atoms in total. The average molecular weight is 344 g/mol. The number of anilines is 1. The molecule has 0 radical (unpaired) electrons. The monoisotopic (exact) mass is 344 g/mol. The molecule has 0 aromatic heterocycles. The van der Waals surface area contributed by atoms with Crippen LogP contribution >= 0.6 is 0 Å². The number of nitrogens with zero attached hydrogens (tertiary/aromatic N) is 1. The summed E-state index contributed by atoms with van der Waals surface area (Å²) in [5, 5.41) is 14.0. The van der Waals surface area contributed by atoms with Gasteiger partial charge < -0.3 is 14.8 Å². The maximum absolute atomic E-state index is 12.6. The third-order valence-electron chi connectivity index (χ3n) is 3.62. The summed E-state index contributed by atoms with van der Waals surface area (Å²) in [6.07, 6.45) is 0.820. The van der Waals surface area contributed by atoms with Gasteiger partial charge in [0.05, 0.1) is 24.7 Å². The Labute approximate surface area is 145 Å². The molecule has 0 bridgehead atoms. The topological polar surface area (TPSA) is 90.7 Å². The van der Waals surface area contributed by atoms with Gasteiger partial charge in [0, 0.05) is 11.8 Å². The fraction of sp³-hybridized carbons (Fsp3) is 0.278. The predicted molar refractivity (Wildman–Crippen MR) is 94.6 cm³/mol. The summed E-state index contributed by atoms with van der Waals surface area (Å²) in [6.45, 7) is 4.12. The van der Waals surface area contributed by atoms with Crippen LogP contribution in [0.1, 0.15) is 29.8 Å². The fourth-order valence-corrected chi connectivity index (χ4v) is 2.38. The van der Waals surface area contributed by atoms with Crippen LogP contribution in [0.3, 0.4) is 0 Å². The van der Waals surface area contributed by atoms with Gasteiger partial charge in [0.25, 0.3) is 11.6 Å². The summed E-state index contributed by atoms with van der Waals surface area (Å²) in [5.41, 5.74) is 1.20. The largest absolute Gasteiger partial charge is 0.493 e. The molecule has 132 valence electrons. The standard InChI is InChI=1S/C18H20N2O5/c1-4-12-7-6-8-13(9-12)19-18(21)14-10-17(25-5-2)16(24-3)11-15(14)20(22)23/h6-11H,4-5H2,1-3H3,(H,19,21). The Morgan fingerprint density at radius 3 is 2.56 bits per heavy atom. The van der Waals surface area contributed by atoms with E-state index in [9.17, 15) is 14.9 Å². The van der Waals surface area contributed by atoms with Gasteiger partial charge in [-0.1, -0.05) is 19.1 Å². The molecular formula is C18H20N2O5. The number of nitro groups is 1. The van der Waals surface area contributed by atoms with Crippen molar-refractivity contribution < 1.29 is 19.2 Å². The second-order valence-corrected chi connectivity index (χ2v) is 5.22. The van der Waals surface area contributed by atoms with Gasteiger partial charge in [0.2, 0.25) is 0 Å². The van der Waals surface area contributed by atoms with E-state index in [0.29, 0.717) is 12.3 Å². The van der Waals surface area contributed by atoms with Crippen molar-refractivity contribution >= 4 is 17.3 Å². The SMILES string of the molecule is CCOc1cc(C(=O)Nc2cccc(CC)c2)c([N+](=O)[O-])cc1OC. The number of carbonyl (C=O) groups excluding carboxylic acids is 1. The minimum absolute atomic E-state index is 0.0869. The van der Waals surface area contributed by atoms with Crippen molar-refractivity contribution in [1.82, 2.24) is 0 Å². The lowest BCUT2D eigenvalue weighted by Crippen LogP contribution is -2.14. The van der Waals surface area contributed by atoms with Crippen LogP contribution in [0.15, 0.2) is 36.4 Å². The van der Waals surface area contributed by atoms with Crippen molar-refractivity contribution in [3.8, 4) is 11.5 Å². The summed E-state index contributed by atoms with van der Waals surface area (Å²) >= 11 is 0. The minimum Gasteiger partial charge on any atom is -0.493 e. The summed E-state index contributed by atoms with van der Waals surface area (Å²) in [4.78, 5) is 23.3. The molecule has 0 aliphatic rings. The number of nitrogens with one attached hydrogen (secondary N) is 1. The zero-order valence-corrected chi connectivity index (χ0v) is 14.4. The van der Waals surface area contributed by atoms with Crippen LogP contribution in [-0.4, -0.2) is 24.5 Å². The van der Waals surface area contributed by atoms with Gasteiger partial charge in [-0.15, -0.1) is 0 Å². The Hall–Kier alpha value is -3.09. The highest BCUT2D eigenvalue weighted by Gasteiger charge is 2.24. The molecule has 0 saturated heterocycles. The Morgan fingerprint density at radius 1 is 1.20 bits per heavy atom. The van der Waals surface area contributed by atoms with Crippen LogP contribution < -0.4 is 14.8 Å². The first kappa shape index (κ1) is 18.3. The molecule has 0 spiro atoms. The molecule has 25 heavy (non-hydrogen) atoms. The van der Waals surface area contributed by atoms with Crippen molar-refractivity contribution in [2.75, 3.05) is 19.0 Å². The Balaban J connectivity index is 2.42. The van der Waals surface area contributed by atoms with Gasteiger partial charge in [0.1, 0.15) is 5.56 Å². The molecule has 0 aliphatic heterocycles. The van der Waals surface area contributed by atoms with E-state index in [-0.39, 0.29) is 22.7 Å². The van der Waals surface area contributed by atoms with Gasteiger partial charge in [-0.3, -0.25) is 14.9 Å². The van der Waals surface area contributed by atoms with Crippen LogP contribution in [-0.2, 0) is 6.42 Å². The van der Waals surface area contributed by atoms with E-state index in [0.717, 1.165) is 12.0 Å². The highest BCUT2D eigenvalue weighted by molar-refractivity contribution is 6.07. The Kier molecular flexibility index (Phi) is 5.94. The number of rotatable bonds is 7. The van der Waals surface area contributed by atoms with Gasteiger partial charge in [-0.05, 0) is 31.0 Å². The smallest absolute Gasteiger partial charge is 0.286 e. The van der Waals surface area contributed by atoms with Gasteiger partial charge in [0.15, 0.2) is 11.5 Å². The van der Waals surface area contributed by atoms with Gasteiger partial charge >= 0.3 is 0 Å². The number of carbonyl (C=O) groups is 1. The molecule has 2 aromatic rings. The maximum Gasteiger partial charge on any atom is 0.286 e. The zero-order chi connectivity index (χ0) is 18.4. The molecule has 0 atom stereocenters. The molecule has 7 heteroatoms. The first-order chi connectivity index (χ1) is 12.0. The highest BCUT2D eigenvalue weighted by atomic mass is 16.6. The van der Waals surface area contributed by atoms with E-state index in [4.69, 9.17) is 9.47 Å².